The highest BCUT2D eigenvalue weighted by Gasteiger charge is 2.15. The molecule has 0 aliphatic rings. The predicted molar refractivity (Wildman–Crippen MR) is 76.2 cm³/mol. The van der Waals surface area contributed by atoms with E-state index in [1.165, 1.54) is 4.90 Å². The molecule has 0 bridgehead atoms. The number of hydrogen-bond acceptors (Lipinski definition) is 5. The lowest BCUT2D eigenvalue weighted by Gasteiger charge is -2.19. The summed E-state index contributed by atoms with van der Waals surface area (Å²) in [4.78, 5) is 17.5. The quantitative estimate of drug-likeness (QED) is 0.812. The van der Waals surface area contributed by atoms with Crippen LogP contribution in [0.4, 0.5) is 11.5 Å². The van der Waals surface area contributed by atoms with Gasteiger partial charge in [-0.05, 0) is 25.5 Å². The van der Waals surface area contributed by atoms with Crippen LogP contribution >= 0.6 is 0 Å². The second-order valence-corrected chi connectivity index (χ2v) is 4.54. The van der Waals surface area contributed by atoms with E-state index in [2.05, 4.69) is 10.3 Å². The van der Waals surface area contributed by atoms with Gasteiger partial charge < -0.3 is 20.7 Å². The van der Waals surface area contributed by atoms with Gasteiger partial charge in [-0.25, -0.2) is 0 Å². The molecule has 0 saturated carbocycles. The van der Waals surface area contributed by atoms with Gasteiger partial charge in [0.05, 0.1) is 12.3 Å². The zero-order valence-corrected chi connectivity index (χ0v) is 11.9. The summed E-state index contributed by atoms with van der Waals surface area (Å²) in [6, 6.07) is 3.09. The Morgan fingerprint density at radius 3 is 2.79 bits per heavy atom. The molecule has 0 saturated heterocycles. The smallest absolute Gasteiger partial charge is 0.244 e. The van der Waals surface area contributed by atoms with Crippen molar-refractivity contribution in [3.8, 4) is 5.88 Å². The second kappa shape index (κ2) is 6.82. The summed E-state index contributed by atoms with van der Waals surface area (Å²) < 4.78 is 5.44. The molecule has 0 spiro atoms. The monoisotopic (exact) mass is 266 g/mol. The number of anilines is 2. The van der Waals surface area contributed by atoms with Gasteiger partial charge in [-0.2, -0.15) is 4.98 Å². The van der Waals surface area contributed by atoms with Gasteiger partial charge in [0, 0.05) is 14.1 Å². The Bertz CT molecular complexity index is 435. The number of aromatic nitrogens is 1. The first-order valence-electron chi connectivity index (χ1n) is 6.32. The molecule has 1 aromatic heterocycles. The van der Waals surface area contributed by atoms with Crippen LogP contribution in [0.15, 0.2) is 12.1 Å². The van der Waals surface area contributed by atoms with E-state index < -0.39 is 0 Å². The summed E-state index contributed by atoms with van der Waals surface area (Å²) >= 11 is 0. The summed E-state index contributed by atoms with van der Waals surface area (Å²) in [5, 5.41) is 3.03. The Morgan fingerprint density at radius 1 is 1.53 bits per heavy atom. The Kier molecular flexibility index (Phi) is 5.41. The summed E-state index contributed by atoms with van der Waals surface area (Å²) in [6.45, 7) is 4.36. The van der Waals surface area contributed by atoms with Crippen LogP contribution in [0.5, 0.6) is 5.88 Å². The highest BCUT2D eigenvalue weighted by molar-refractivity contribution is 5.83. The number of carbonyl (C=O) groups is 1. The first-order valence-corrected chi connectivity index (χ1v) is 6.32. The molecule has 1 amide bonds. The molecule has 3 N–H and O–H groups in total. The second-order valence-electron chi connectivity index (χ2n) is 4.54. The minimum atomic E-state index is -0.356. The lowest BCUT2D eigenvalue weighted by Crippen LogP contribution is -2.36. The van der Waals surface area contributed by atoms with Crippen molar-refractivity contribution in [2.45, 2.75) is 26.3 Å². The molecule has 1 unspecified atom stereocenters. The van der Waals surface area contributed by atoms with Crippen molar-refractivity contribution < 1.29 is 9.53 Å². The Balaban J connectivity index is 2.76. The van der Waals surface area contributed by atoms with Crippen LogP contribution in [0.3, 0.4) is 0 Å². The first-order chi connectivity index (χ1) is 8.95. The normalized spacial score (nSPS) is 11.8. The van der Waals surface area contributed by atoms with E-state index in [-0.39, 0.29) is 11.9 Å². The number of likely N-dealkylation sites (N-methyl/N-ethyl adjacent to an activating group) is 1. The summed E-state index contributed by atoms with van der Waals surface area (Å²) in [7, 11) is 3.43. The lowest BCUT2D eigenvalue weighted by molar-refractivity contribution is -0.129. The molecule has 1 atom stereocenters. The molecule has 0 aliphatic carbocycles. The van der Waals surface area contributed by atoms with Gasteiger partial charge in [0.1, 0.15) is 11.9 Å². The molecule has 1 rings (SSSR count). The van der Waals surface area contributed by atoms with E-state index in [1.54, 1.807) is 33.2 Å². The number of ether oxygens (including phenoxy) is 1. The fraction of sp³-hybridized carbons (Fsp3) is 0.538. The third-order valence-electron chi connectivity index (χ3n) is 2.51. The van der Waals surface area contributed by atoms with Crippen LogP contribution in [0, 0.1) is 0 Å². The topological polar surface area (TPSA) is 80.5 Å². The van der Waals surface area contributed by atoms with Crippen molar-refractivity contribution in [2.24, 2.45) is 0 Å². The van der Waals surface area contributed by atoms with Gasteiger partial charge >= 0.3 is 0 Å². The molecule has 0 aromatic carbocycles. The number of nitrogen functional groups attached to an aromatic ring is 1. The fourth-order valence-electron chi connectivity index (χ4n) is 1.52. The largest absolute Gasteiger partial charge is 0.476 e. The molecule has 0 fully saturated rings. The summed E-state index contributed by atoms with van der Waals surface area (Å²) in [5.41, 5.74) is 6.27. The van der Waals surface area contributed by atoms with Crippen LogP contribution in [0.2, 0.25) is 0 Å². The van der Waals surface area contributed by atoms with E-state index in [1.807, 2.05) is 6.92 Å². The number of nitrogens with zero attached hydrogens (tertiary/aromatic N) is 2. The van der Waals surface area contributed by atoms with Crippen molar-refractivity contribution in [1.29, 1.82) is 0 Å². The van der Waals surface area contributed by atoms with E-state index in [4.69, 9.17) is 10.5 Å². The van der Waals surface area contributed by atoms with E-state index in [9.17, 15) is 4.79 Å². The first kappa shape index (κ1) is 15.1. The van der Waals surface area contributed by atoms with Crippen LogP contribution < -0.4 is 15.8 Å². The van der Waals surface area contributed by atoms with Gasteiger partial charge in [-0.15, -0.1) is 0 Å². The van der Waals surface area contributed by atoms with Gasteiger partial charge in [-0.3, -0.25) is 4.79 Å². The molecule has 0 radical (unpaired) electrons. The number of nitrogens with two attached hydrogens (primary N) is 1. The summed E-state index contributed by atoms with van der Waals surface area (Å²) in [5.74, 6) is 0.953. The van der Waals surface area contributed by atoms with Gasteiger partial charge in [0.25, 0.3) is 0 Å². The number of amides is 1. The standard InChI is InChI=1S/C13H22N4O2/c1-5-8-19-12-10(14)6-7-11(16-12)15-9(2)13(18)17(3)4/h6-7,9H,5,8,14H2,1-4H3,(H,15,16). The van der Waals surface area contributed by atoms with Crippen molar-refractivity contribution in [1.82, 2.24) is 9.88 Å². The maximum absolute atomic E-state index is 11.8. The average Bonchev–Trinajstić information content (AvgIpc) is 2.38. The van der Waals surface area contributed by atoms with Crippen LogP contribution in [-0.4, -0.2) is 42.5 Å². The van der Waals surface area contributed by atoms with Crippen molar-refractivity contribution in [3.63, 3.8) is 0 Å². The molecule has 106 valence electrons. The summed E-state index contributed by atoms with van der Waals surface area (Å²) in [6.07, 6.45) is 0.883. The molecular weight excluding hydrogens is 244 g/mol. The number of rotatable bonds is 6. The van der Waals surface area contributed by atoms with Gasteiger partial charge in [-0.1, -0.05) is 6.92 Å². The van der Waals surface area contributed by atoms with E-state index in [0.29, 0.717) is 24.0 Å². The Labute approximate surface area is 113 Å². The predicted octanol–water partition coefficient (Wildman–Crippen LogP) is 1.34. The highest BCUT2D eigenvalue weighted by Crippen LogP contribution is 2.21. The Morgan fingerprint density at radius 2 is 2.21 bits per heavy atom. The lowest BCUT2D eigenvalue weighted by atomic mass is 10.3. The maximum Gasteiger partial charge on any atom is 0.244 e. The molecule has 6 nitrogen and oxygen atoms in total. The zero-order valence-electron chi connectivity index (χ0n) is 11.9. The van der Waals surface area contributed by atoms with Crippen molar-refractivity contribution in [2.75, 3.05) is 31.8 Å². The zero-order chi connectivity index (χ0) is 14.4. The number of carbonyl (C=O) groups excluding carboxylic acids is 1. The molecule has 19 heavy (non-hydrogen) atoms. The highest BCUT2D eigenvalue weighted by atomic mass is 16.5. The van der Waals surface area contributed by atoms with E-state index >= 15 is 0 Å². The third kappa shape index (κ3) is 4.31. The molecule has 6 heteroatoms. The fourth-order valence-corrected chi connectivity index (χ4v) is 1.52. The molecular formula is C13H22N4O2. The SMILES string of the molecule is CCCOc1nc(NC(C)C(=O)N(C)C)ccc1N. The van der Waals surface area contributed by atoms with Crippen LogP contribution in [0.1, 0.15) is 20.3 Å². The molecule has 0 aliphatic heterocycles. The van der Waals surface area contributed by atoms with E-state index in [0.717, 1.165) is 6.42 Å². The minimum Gasteiger partial charge on any atom is -0.476 e. The van der Waals surface area contributed by atoms with Gasteiger partial charge in [0.15, 0.2) is 0 Å². The minimum absolute atomic E-state index is 0.0188. The van der Waals surface area contributed by atoms with Gasteiger partial charge in [0.2, 0.25) is 11.8 Å². The average molecular weight is 266 g/mol. The van der Waals surface area contributed by atoms with Crippen molar-refractivity contribution >= 4 is 17.4 Å². The maximum atomic E-state index is 11.8. The third-order valence-corrected chi connectivity index (χ3v) is 2.51. The number of nitrogens with one attached hydrogen (secondary N) is 1. The number of hydrogen-bond donors (Lipinski definition) is 2. The van der Waals surface area contributed by atoms with Crippen LogP contribution in [0.25, 0.3) is 0 Å². The molecule has 1 aromatic rings. The molecule has 1 heterocycles. The Hall–Kier alpha value is -1.98. The van der Waals surface area contributed by atoms with Crippen LogP contribution in [-0.2, 0) is 4.79 Å². The number of pyridine rings is 1. The van der Waals surface area contributed by atoms with Crippen molar-refractivity contribution in [3.05, 3.63) is 12.1 Å².